The molecule has 1 atom stereocenters. The highest BCUT2D eigenvalue weighted by Crippen LogP contribution is 2.32. The fraction of sp³-hybridized carbons (Fsp3) is 0.611. The van der Waals surface area contributed by atoms with E-state index in [2.05, 4.69) is 22.8 Å². The largest absolute Gasteiger partial charge is 0.401 e. The Labute approximate surface area is 145 Å². The summed E-state index contributed by atoms with van der Waals surface area (Å²) < 4.78 is 37.1. The highest BCUT2D eigenvalue weighted by Gasteiger charge is 2.32. The lowest BCUT2D eigenvalue weighted by atomic mass is 10.0. The van der Waals surface area contributed by atoms with Gasteiger partial charge >= 0.3 is 12.2 Å². The third kappa shape index (κ3) is 5.11. The first-order valence-corrected chi connectivity index (χ1v) is 8.82. The van der Waals surface area contributed by atoms with Crippen molar-refractivity contribution >= 4 is 6.03 Å². The monoisotopic (exact) mass is 355 g/mol. The number of halogens is 3. The molecule has 0 spiro atoms. The zero-order chi connectivity index (χ0) is 17.9. The first kappa shape index (κ1) is 18.0. The molecular formula is C18H24F3N3O. The van der Waals surface area contributed by atoms with Crippen LogP contribution in [-0.4, -0.2) is 49.3 Å². The Kier molecular flexibility index (Phi) is 5.51. The molecule has 138 valence electrons. The van der Waals surface area contributed by atoms with Gasteiger partial charge in [0.1, 0.15) is 0 Å². The second-order valence-electron chi connectivity index (χ2n) is 6.95. The van der Waals surface area contributed by atoms with Crippen LogP contribution in [0.2, 0.25) is 0 Å². The van der Waals surface area contributed by atoms with E-state index < -0.39 is 12.7 Å². The Bertz CT molecular complexity index is 597. The maximum absolute atomic E-state index is 12.4. The molecule has 1 saturated heterocycles. The molecule has 1 aliphatic heterocycles. The van der Waals surface area contributed by atoms with E-state index in [1.165, 1.54) is 16.0 Å². The number of amides is 2. The average Bonchev–Trinajstić information content (AvgIpc) is 2.97. The molecule has 0 bridgehead atoms. The highest BCUT2D eigenvalue weighted by molar-refractivity contribution is 5.74. The van der Waals surface area contributed by atoms with Crippen molar-refractivity contribution in [2.75, 3.05) is 26.2 Å². The molecule has 2 amide bonds. The number of aryl methyl sites for hydroxylation is 1. The van der Waals surface area contributed by atoms with E-state index in [0.717, 1.165) is 12.8 Å². The number of fused-ring (bicyclic) bond motifs is 1. The number of carbonyl (C=O) groups excluding carboxylic acids is 1. The van der Waals surface area contributed by atoms with Crippen molar-refractivity contribution in [1.82, 2.24) is 15.5 Å². The van der Waals surface area contributed by atoms with Crippen molar-refractivity contribution in [3.63, 3.8) is 0 Å². The fourth-order valence-corrected chi connectivity index (χ4v) is 3.80. The van der Waals surface area contributed by atoms with Gasteiger partial charge in [-0.3, -0.25) is 4.90 Å². The van der Waals surface area contributed by atoms with E-state index in [-0.39, 0.29) is 12.1 Å². The molecule has 1 aromatic rings. The number of nitrogens with zero attached hydrogens (tertiary/aromatic N) is 1. The third-order valence-electron chi connectivity index (χ3n) is 5.09. The van der Waals surface area contributed by atoms with E-state index in [4.69, 9.17) is 0 Å². The molecule has 0 radical (unpaired) electrons. The van der Waals surface area contributed by atoms with Crippen LogP contribution < -0.4 is 10.6 Å². The van der Waals surface area contributed by atoms with Gasteiger partial charge in [-0.25, -0.2) is 4.79 Å². The molecule has 0 saturated carbocycles. The Morgan fingerprint density at radius 3 is 2.60 bits per heavy atom. The summed E-state index contributed by atoms with van der Waals surface area (Å²) in [6, 6.07) is 8.02. The van der Waals surface area contributed by atoms with Gasteiger partial charge in [-0.2, -0.15) is 13.2 Å². The van der Waals surface area contributed by atoms with Crippen LogP contribution in [0.25, 0.3) is 0 Å². The topological polar surface area (TPSA) is 44.4 Å². The molecule has 0 aromatic heterocycles. The number of benzene rings is 1. The van der Waals surface area contributed by atoms with E-state index in [1.807, 2.05) is 12.1 Å². The van der Waals surface area contributed by atoms with Gasteiger partial charge in [0.05, 0.1) is 6.54 Å². The number of hydrogen-bond acceptors (Lipinski definition) is 2. The van der Waals surface area contributed by atoms with Crippen molar-refractivity contribution in [3.05, 3.63) is 35.4 Å². The maximum Gasteiger partial charge on any atom is 0.401 e. The summed E-state index contributed by atoms with van der Waals surface area (Å²) in [4.78, 5) is 13.5. The summed E-state index contributed by atoms with van der Waals surface area (Å²) in [7, 11) is 0. The van der Waals surface area contributed by atoms with Crippen LogP contribution in [0.3, 0.4) is 0 Å². The molecule has 2 aliphatic rings. The summed E-state index contributed by atoms with van der Waals surface area (Å²) in [5.74, 6) is 0.343. The van der Waals surface area contributed by atoms with Gasteiger partial charge in [0, 0.05) is 31.6 Å². The van der Waals surface area contributed by atoms with Crippen LogP contribution in [0, 0.1) is 0 Å². The summed E-state index contributed by atoms with van der Waals surface area (Å²) in [6.07, 6.45) is -0.974. The van der Waals surface area contributed by atoms with E-state index in [0.29, 0.717) is 38.4 Å². The predicted molar refractivity (Wildman–Crippen MR) is 89.6 cm³/mol. The van der Waals surface area contributed by atoms with Crippen LogP contribution in [0.5, 0.6) is 0 Å². The lowest BCUT2D eigenvalue weighted by Crippen LogP contribution is -2.49. The summed E-state index contributed by atoms with van der Waals surface area (Å²) >= 11 is 0. The molecule has 1 fully saturated rings. The molecule has 1 heterocycles. The molecule has 1 aromatic carbocycles. The van der Waals surface area contributed by atoms with Gasteiger partial charge in [-0.1, -0.05) is 24.3 Å². The molecule has 3 rings (SSSR count). The van der Waals surface area contributed by atoms with Crippen LogP contribution in [0.4, 0.5) is 18.0 Å². The summed E-state index contributed by atoms with van der Waals surface area (Å²) in [5, 5.41) is 5.81. The Balaban J connectivity index is 1.38. The zero-order valence-electron chi connectivity index (χ0n) is 14.1. The van der Waals surface area contributed by atoms with E-state index in [9.17, 15) is 18.0 Å². The van der Waals surface area contributed by atoms with Gasteiger partial charge in [0.15, 0.2) is 0 Å². The van der Waals surface area contributed by atoms with E-state index in [1.54, 1.807) is 0 Å². The van der Waals surface area contributed by atoms with Gasteiger partial charge in [0.2, 0.25) is 0 Å². The number of rotatable bonds is 4. The minimum atomic E-state index is -4.16. The van der Waals surface area contributed by atoms with Gasteiger partial charge in [0.25, 0.3) is 0 Å². The smallest absolute Gasteiger partial charge is 0.338 e. The first-order chi connectivity index (χ1) is 11.9. The van der Waals surface area contributed by atoms with Gasteiger partial charge in [-0.15, -0.1) is 0 Å². The van der Waals surface area contributed by atoms with Gasteiger partial charge in [-0.05, 0) is 36.8 Å². The summed E-state index contributed by atoms with van der Waals surface area (Å²) in [5.41, 5.74) is 2.66. The number of nitrogens with one attached hydrogen (secondary N) is 2. The van der Waals surface area contributed by atoms with Crippen LogP contribution >= 0.6 is 0 Å². The Morgan fingerprint density at radius 2 is 1.88 bits per heavy atom. The van der Waals surface area contributed by atoms with Crippen LogP contribution in [0.15, 0.2) is 24.3 Å². The number of urea groups is 1. The fourth-order valence-electron chi connectivity index (χ4n) is 3.80. The minimum Gasteiger partial charge on any atom is -0.338 e. The zero-order valence-corrected chi connectivity index (χ0v) is 14.1. The van der Waals surface area contributed by atoms with Gasteiger partial charge < -0.3 is 10.6 Å². The highest BCUT2D eigenvalue weighted by atomic mass is 19.4. The van der Waals surface area contributed by atoms with E-state index >= 15 is 0 Å². The quantitative estimate of drug-likeness (QED) is 0.872. The molecule has 0 unspecified atom stereocenters. The third-order valence-corrected chi connectivity index (χ3v) is 5.09. The lowest BCUT2D eigenvalue weighted by molar-refractivity contribution is -0.148. The second kappa shape index (κ2) is 7.64. The lowest BCUT2D eigenvalue weighted by Gasteiger charge is -2.32. The number of hydrogen-bond donors (Lipinski definition) is 2. The number of likely N-dealkylation sites (tertiary alicyclic amines) is 1. The van der Waals surface area contributed by atoms with Crippen LogP contribution in [0.1, 0.15) is 36.3 Å². The maximum atomic E-state index is 12.4. The van der Waals surface area contributed by atoms with Crippen molar-refractivity contribution in [2.24, 2.45) is 0 Å². The van der Waals surface area contributed by atoms with Crippen molar-refractivity contribution in [1.29, 1.82) is 0 Å². The molecule has 25 heavy (non-hydrogen) atoms. The molecule has 2 N–H and O–H groups in total. The molecule has 4 nitrogen and oxygen atoms in total. The Morgan fingerprint density at radius 1 is 1.16 bits per heavy atom. The second-order valence-corrected chi connectivity index (χ2v) is 6.95. The molecular weight excluding hydrogens is 331 g/mol. The van der Waals surface area contributed by atoms with Crippen molar-refractivity contribution < 1.29 is 18.0 Å². The Hall–Kier alpha value is -1.76. The minimum absolute atomic E-state index is 0.0552. The normalized spacial score (nSPS) is 21.8. The average molecular weight is 355 g/mol. The summed E-state index contributed by atoms with van der Waals surface area (Å²) in [6.45, 7) is 0.448. The number of piperidine rings is 1. The molecule has 1 aliphatic carbocycles. The predicted octanol–water partition coefficient (Wildman–Crippen LogP) is 3.04. The van der Waals surface area contributed by atoms with Crippen molar-refractivity contribution in [2.45, 2.75) is 43.8 Å². The van der Waals surface area contributed by atoms with Crippen LogP contribution in [-0.2, 0) is 6.42 Å². The number of carbonyl (C=O) groups is 1. The van der Waals surface area contributed by atoms with Crippen molar-refractivity contribution in [3.8, 4) is 0 Å². The SMILES string of the molecule is O=C(NC[C@H]1CCc2ccccc21)NC1CCN(CC(F)(F)F)CC1. The molecule has 7 heteroatoms. The first-order valence-electron chi connectivity index (χ1n) is 8.82. The standard InChI is InChI=1S/C18H24F3N3O/c19-18(20,21)12-24-9-7-15(8-10-24)23-17(25)22-11-14-6-5-13-3-1-2-4-16(13)14/h1-4,14-15H,5-12H2,(H2,22,23,25)/t14-/m1/s1. The number of alkyl halides is 3.